The van der Waals surface area contributed by atoms with Crippen LogP contribution in [0.1, 0.15) is 17.4 Å². The van der Waals surface area contributed by atoms with Crippen LogP contribution < -0.4 is 10.6 Å². The van der Waals surface area contributed by atoms with Crippen LogP contribution in [0.2, 0.25) is 0 Å². The lowest BCUT2D eigenvalue weighted by atomic mass is 10.2. The van der Waals surface area contributed by atoms with Gasteiger partial charge in [0.1, 0.15) is 18.0 Å². The lowest BCUT2D eigenvalue weighted by molar-refractivity contribution is 1.02. The van der Waals surface area contributed by atoms with Gasteiger partial charge >= 0.3 is 0 Å². The molecule has 2 N–H and O–H groups in total. The maximum absolute atomic E-state index is 4.28. The standard InChI is InChI=1S/C11H15N5S/c1-3-9-10(12-2)15-6-16-11(9)14-5-8-4-13-7-17-8/h4,6-7H,3,5H2,1-2H3,(H2,12,14,15,16). The number of thiazole rings is 1. The van der Waals surface area contributed by atoms with Crippen LogP contribution in [0.4, 0.5) is 11.6 Å². The molecule has 5 nitrogen and oxygen atoms in total. The molecule has 0 aliphatic carbocycles. The van der Waals surface area contributed by atoms with Crippen molar-refractivity contribution in [3.8, 4) is 0 Å². The molecular formula is C11H15N5S. The zero-order valence-electron chi connectivity index (χ0n) is 9.90. The minimum atomic E-state index is 0.748. The van der Waals surface area contributed by atoms with E-state index in [2.05, 4.69) is 32.5 Å². The van der Waals surface area contributed by atoms with Crippen LogP contribution in [0.3, 0.4) is 0 Å². The molecule has 0 bridgehead atoms. The first kappa shape index (κ1) is 11.8. The maximum atomic E-state index is 4.28. The molecule has 0 fully saturated rings. The SMILES string of the molecule is CCc1c(NC)ncnc1NCc1cncs1. The maximum Gasteiger partial charge on any atom is 0.135 e. The Balaban J connectivity index is 2.14. The number of hydrogen-bond donors (Lipinski definition) is 2. The van der Waals surface area contributed by atoms with Crippen molar-refractivity contribution in [2.24, 2.45) is 0 Å². The highest BCUT2D eigenvalue weighted by Gasteiger charge is 2.08. The molecule has 2 aromatic rings. The van der Waals surface area contributed by atoms with E-state index in [-0.39, 0.29) is 0 Å². The highest BCUT2D eigenvalue weighted by molar-refractivity contribution is 7.09. The van der Waals surface area contributed by atoms with Crippen molar-refractivity contribution in [2.45, 2.75) is 19.9 Å². The minimum Gasteiger partial charge on any atom is -0.373 e. The van der Waals surface area contributed by atoms with Gasteiger partial charge in [-0.3, -0.25) is 4.98 Å². The lowest BCUT2D eigenvalue weighted by Crippen LogP contribution is -2.07. The summed E-state index contributed by atoms with van der Waals surface area (Å²) in [5.41, 5.74) is 2.94. The van der Waals surface area contributed by atoms with Gasteiger partial charge in [0, 0.05) is 23.7 Å². The van der Waals surface area contributed by atoms with Crippen molar-refractivity contribution >= 4 is 23.0 Å². The zero-order chi connectivity index (χ0) is 12.1. The van der Waals surface area contributed by atoms with Gasteiger partial charge in [0.15, 0.2) is 0 Å². The van der Waals surface area contributed by atoms with Crippen LogP contribution in [0, 0.1) is 0 Å². The van der Waals surface area contributed by atoms with Crippen LogP contribution in [0.25, 0.3) is 0 Å². The fraction of sp³-hybridized carbons (Fsp3) is 0.364. The second-order valence-corrected chi connectivity index (χ2v) is 4.45. The predicted octanol–water partition coefficient (Wildman–Crippen LogP) is 2.15. The van der Waals surface area contributed by atoms with E-state index in [0.29, 0.717) is 0 Å². The second kappa shape index (κ2) is 5.58. The minimum absolute atomic E-state index is 0.748. The van der Waals surface area contributed by atoms with Crippen molar-refractivity contribution in [2.75, 3.05) is 17.7 Å². The summed E-state index contributed by atoms with van der Waals surface area (Å²) in [6.07, 6.45) is 4.32. The highest BCUT2D eigenvalue weighted by Crippen LogP contribution is 2.20. The van der Waals surface area contributed by atoms with Crippen LogP contribution in [-0.2, 0) is 13.0 Å². The summed E-state index contributed by atoms with van der Waals surface area (Å²) in [5.74, 6) is 1.77. The Labute approximate surface area is 104 Å². The first-order valence-electron chi connectivity index (χ1n) is 5.48. The summed E-state index contributed by atoms with van der Waals surface area (Å²) in [7, 11) is 1.87. The fourth-order valence-electron chi connectivity index (χ4n) is 1.62. The van der Waals surface area contributed by atoms with E-state index in [9.17, 15) is 0 Å². The Hall–Kier alpha value is -1.69. The summed E-state index contributed by atoms with van der Waals surface area (Å²) in [5, 5.41) is 6.40. The Morgan fingerprint density at radius 2 is 2.12 bits per heavy atom. The van der Waals surface area contributed by atoms with E-state index in [1.165, 1.54) is 4.88 Å². The Bertz CT molecular complexity index is 469. The van der Waals surface area contributed by atoms with Crippen molar-refractivity contribution < 1.29 is 0 Å². The average molecular weight is 249 g/mol. The number of anilines is 2. The molecular weight excluding hydrogens is 234 g/mol. The van der Waals surface area contributed by atoms with Crippen molar-refractivity contribution in [3.05, 3.63) is 28.5 Å². The molecule has 0 spiro atoms. The molecule has 0 radical (unpaired) electrons. The van der Waals surface area contributed by atoms with E-state index in [1.54, 1.807) is 17.7 Å². The van der Waals surface area contributed by atoms with E-state index in [4.69, 9.17) is 0 Å². The van der Waals surface area contributed by atoms with Crippen molar-refractivity contribution in [3.63, 3.8) is 0 Å². The fourth-order valence-corrected chi connectivity index (χ4v) is 2.15. The number of aromatic nitrogens is 3. The average Bonchev–Trinajstić information content (AvgIpc) is 2.88. The number of nitrogens with one attached hydrogen (secondary N) is 2. The van der Waals surface area contributed by atoms with E-state index >= 15 is 0 Å². The van der Waals surface area contributed by atoms with Gasteiger partial charge in [0.2, 0.25) is 0 Å². The van der Waals surface area contributed by atoms with Gasteiger partial charge in [-0.25, -0.2) is 9.97 Å². The quantitative estimate of drug-likeness (QED) is 0.850. The van der Waals surface area contributed by atoms with Crippen LogP contribution in [-0.4, -0.2) is 22.0 Å². The monoisotopic (exact) mass is 249 g/mol. The Morgan fingerprint density at radius 1 is 1.29 bits per heavy atom. The van der Waals surface area contributed by atoms with E-state index in [1.807, 2.05) is 18.8 Å². The van der Waals surface area contributed by atoms with Gasteiger partial charge in [-0.1, -0.05) is 6.92 Å². The first-order chi connectivity index (χ1) is 8.35. The normalized spacial score (nSPS) is 10.2. The molecule has 0 amide bonds. The topological polar surface area (TPSA) is 62.7 Å². The van der Waals surface area contributed by atoms with Crippen molar-refractivity contribution in [1.29, 1.82) is 0 Å². The molecule has 0 aliphatic heterocycles. The van der Waals surface area contributed by atoms with Gasteiger partial charge < -0.3 is 10.6 Å². The zero-order valence-corrected chi connectivity index (χ0v) is 10.7. The third-order valence-electron chi connectivity index (χ3n) is 2.45. The Morgan fingerprint density at radius 3 is 2.76 bits per heavy atom. The van der Waals surface area contributed by atoms with Crippen LogP contribution in [0.5, 0.6) is 0 Å². The molecule has 90 valence electrons. The van der Waals surface area contributed by atoms with Crippen molar-refractivity contribution in [1.82, 2.24) is 15.0 Å². The lowest BCUT2D eigenvalue weighted by Gasteiger charge is -2.11. The van der Waals surface area contributed by atoms with Gasteiger partial charge in [0.05, 0.1) is 12.1 Å². The van der Waals surface area contributed by atoms with E-state index in [0.717, 1.165) is 30.2 Å². The summed E-state index contributed by atoms with van der Waals surface area (Å²) in [6, 6.07) is 0. The third-order valence-corrected chi connectivity index (χ3v) is 3.23. The largest absolute Gasteiger partial charge is 0.373 e. The molecule has 0 saturated carbocycles. The molecule has 0 unspecified atom stereocenters. The predicted molar refractivity (Wildman–Crippen MR) is 70.4 cm³/mol. The summed E-state index contributed by atoms with van der Waals surface area (Å²) in [4.78, 5) is 13.7. The third kappa shape index (κ3) is 2.71. The van der Waals surface area contributed by atoms with Gasteiger partial charge in [-0.05, 0) is 6.42 Å². The van der Waals surface area contributed by atoms with Gasteiger partial charge in [0.25, 0.3) is 0 Å². The molecule has 0 aliphatic rings. The molecule has 0 atom stereocenters. The summed E-state index contributed by atoms with van der Waals surface area (Å²) < 4.78 is 0. The molecule has 0 aromatic carbocycles. The summed E-state index contributed by atoms with van der Waals surface area (Å²) >= 11 is 1.63. The number of hydrogen-bond acceptors (Lipinski definition) is 6. The molecule has 6 heteroatoms. The molecule has 2 aromatic heterocycles. The van der Waals surface area contributed by atoms with Crippen LogP contribution >= 0.6 is 11.3 Å². The number of rotatable bonds is 5. The Kier molecular flexibility index (Phi) is 3.87. The molecule has 2 rings (SSSR count). The second-order valence-electron chi connectivity index (χ2n) is 3.47. The van der Waals surface area contributed by atoms with Gasteiger partial charge in [-0.15, -0.1) is 11.3 Å². The molecule has 0 saturated heterocycles. The molecule has 2 heterocycles. The highest BCUT2D eigenvalue weighted by atomic mass is 32.1. The van der Waals surface area contributed by atoms with Crippen LogP contribution in [0.15, 0.2) is 18.0 Å². The smallest absolute Gasteiger partial charge is 0.135 e. The molecule has 17 heavy (non-hydrogen) atoms. The van der Waals surface area contributed by atoms with E-state index < -0.39 is 0 Å². The first-order valence-corrected chi connectivity index (χ1v) is 6.36. The number of nitrogens with zero attached hydrogens (tertiary/aromatic N) is 3. The van der Waals surface area contributed by atoms with Gasteiger partial charge in [-0.2, -0.15) is 0 Å². The summed E-state index contributed by atoms with van der Waals surface area (Å²) in [6.45, 7) is 2.84.